The van der Waals surface area contributed by atoms with Crippen molar-refractivity contribution >= 4 is 21.6 Å². The van der Waals surface area contributed by atoms with Gasteiger partial charge in [0.05, 0.1) is 0 Å². The maximum atomic E-state index is 2.13. The molecule has 0 aromatic heterocycles. The first-order chi connectivity index (χ1) is 6.95. The molecule has 2 aromatic carbocycles. The molecular formula is C12H11NaS2. The van der Waals surface area contributed by atoms with Crippen LogP contribution in [0, 0.1) is 0 Å². The summed E-state index contributed by atoms with van der Waals surface area (Å²) in [6.07, 6.45) is 0. The van der Waals surface area contributed by atoms with Crippen molar-refractivity contribution in [2.75, 3.05) is 0 Å². The smallest absolute Gasteiger partial charge is 1.00 e. The van der Waals surface area contributed by atoms with E-state index in [0.29, 0.717) is 0 Å². The van der Waals surface area contributed by atoms with Gasteiger partial charge in [-0.3, -0.25) is 0 Å². The minimum atomic E-state index is 0. The first kappa shape index (κ1) is 13.2. The van der Waals surface area contributed by atoms with Crippen LogP contribution in [0.3, 0.4) is 0 Å². The monoisotopic (exact) mass is 242 g/mol. The summed E-state index contributed by atoms with van der Waals surface area (Å²) in [7, 11) is 3.58. The molecule has 0 amide bonds. The molecule has 0 saturated heterocycles. The van der Waals surface area contributed by atoms with E-state index in [2.05, 4.69) is 48.5 Å². The number of benzene rings is 2. The van der Waals surface area contributed by atoms with Gasteiger partial charge in [-0.1, -0.05) is 58.0 Å². The van der Waals surface area contributed by atoms with Gasteiger partial charge in [0.25, 0.3) is 0 Å². The molecule has 15 heavy (non-hydrogen) atoms. The minimum absolute atomic E-state index is 0. The Balaban J connectivity index is 0.00000112. The van der Waals surface area contributed by atoms with Gasteiger partial charge >= 0.3 is 29.6 Å². The third-order valence-corrected chi connectivity index (χ3v) is 4.14. The third-order valence-electron chi connectivity index (χ3n) is 1.72. The fourth-order valence-corrected chi connectivity index (χ4v) is 3.02. The molecular weight excluding hydrogens is 231 g/mol. The number of rotatable bonds is 3. The van der Waals surface area contributed by atoms with Crippen molar-refractivity contribution in [3.8, 4) is 0 Å². The van der Waals surface area contributed by atoms with E-state index in [1.807, 2.05) is 12.1 Å². The van der Waals surface area contributed by atoms with Gasteiger partial charge < -0.3 is 1.43 Å². The molecule has 2 rings (SSSR count). The van der Waals surface area contributed by atoms with E-state index in [0.717, 1.165) is 0 Å². The molecule has 0 fully saturated rings. The molecule has 0 bridgehead atoms. The summed E-state index contributed by atoms with van der Waals surface area (Å²) in [4.78, 5) is 2.59. The van der Waals surface area contributed by atoms with Gasteiger partial charge in [0.15, 0.2) is 0 Å². The van der Waals surface area contributed by atoms with Gasteiger partial charge in [0.2, 0.25) is 0 Å². The van der Waals surface area contributed by atoms with E-state index >= 15 is 0 Å². The third kappa shape index (κ3) is 4.66. The van der Waals surface area contributed by atoms with Crippen LogP contribution in [0.4, 0.5) is 0 Å². The number of hydrogen-bond acceptors (Lipinski definition) is 2. The second-order valence-electron chi connectivity index (χ2n) is 2.79. The van der Waals surface area contributed by atoms with Crippen LogP contribution in [-0.4, -0.2) is 0 Å². The SMILES string of the molecule is [H-].[Na+].c1ccc(SSc2ccccc2)cc1. The standard InChI is InChI=1S/C12H10S2.Na.H/c1-3-7-11(8-4-1)13-14-12-9-5-2-6-10-12;;/h1-10H;;/q;+1;-1. The van der Waals surface area contributed by atoms with Crippen LogP contribution >= 0.6 is 21.6 Å². The Kier molecular flexibility index (Phi) is 6.53. The quantitative estimate of drug-likeness (QED) is 0.592. The molecule has 3 heteroatoms. The van der Waals surface area contributed by atoms with Gasteiger partial charge in [0, 0.05) is 9.79 Å². The molecule has 0 saturated carbocycles. The molecule has 0 aliphatic carbocycles. The molecule has 0 aliphatic heterocycles. The van der Waals surface area contributed by atoms with Gasteiger partial charge in [-0.2, -0.15) is 0 Å². The van der Waals surface area contributed by atoms with Crippen molar-refractivity contribution in [3.63, 3.8) is 0 Å². The van der Waals surface area contributed by atoms with E-state index in [4.69, 9.17) is 0 Å². The summed E-state index contributed by atoms with van der Waals surface area (Å²) in [5.41, 5.74) is 0. The molecule has 0 unspecified atom stereocenters. The van der Waals surface area contributed by atoms with Gasteiger partial charge in [0.1, 0.15) is 0 Å². The zero-order chi connectivity index (χ0) is 9.64. The van der Waals surface area contributed by atoms with Crippen LogP contribution in [0.1, 0.15) is 1.43 Å². The van der Waals surface area contributed by atoms with E-state index in [1.54, 1.807) is 21.6 Å². The Morgan fingerprint density at radius 3 is 1.27 bits per heavy atom. The zero-order valence-electron chi connectivity index (χ0n) is 9.59. The van der Waals surface area contributed by atoms with Crippen LogP contribution in [0.15, 0.2) is 70.5 Å². The van der Waals surface area contributed by atoms with E-state index in [1.165, 1.54) is 9.79 Å². The molecule has 2 aromatic rings. The summed E-state index contributed by atoms with van der Waals surface area (Å²) in [5, 5.41) is 0. The van der Waals surface area contributed by atoms with Gasteiger partial charge in [-0.15, -0.1) is 0 Å². The predicted molar refractivity (Wildman–Crippen MR) is 65.7 cm³/mol. The fraction of sp³-hybridized carbons (Fsp3) is 0. The normalized spacial score (nSPS) is 9.33. The zero-order valence-corrected chi connectivity index (χ0v) is 12.2. The Hall–Kier alpha value is 0.140. The van der Waals surface area contributed by atoms with Crippen LogP contribution in [0.25, 0.3) is 0 Å². The van der Waals surface area contributed by atoms with Crippen molar-refractivity contribution < 1.29 is 31.0 Å². The average Bonchev–Trinajstić information content (AvgIpc) is 2.29. The summed E-state index contributed by atoms with van der Waals surface area (Å²) in [5.74, 6) is 0. The van der Waals surface area contributed by atoms with Crippen LogP contribution < -0.4 is 29.6 Å². The topological polar surface area (TPSA) is 0 Å². The summed E-state index contributed by atoms with van der Waals surface area (Å²) in [6.45, 7) is 0. The predicted octanol–water partition coefficient (Wildman–Crippen LogP) is 1.60. The second kappa shape index (κ2) is 7.42. The Bertz CT molecular complexity index is 341. The summed E-state index contributed by atoms with van der Waals surface area (Å²) < 4.78 is 0. The first-order valence-corrected chi connectivity index (χ1v) is 6.55. The molecule has 0 atom stereocenters. The molecule has 0 N–H and O–H groups in total. The molecule has 0 spiro atoms. The van der Waals surface area contributed by atoms with E-state index < -0.39 is 0 Å². The first-order valence-electron chi connectivity index (χ1n) is 4.40. The Labute approximate surface area is 122 Å². The summed E-state index contributed by atoms with van der Waals surface area (Å²) >= 11 is 0. The Morgan fingerprint density at radius 1 is 0.600 bits per heavy atom. The van der Waals surface area contributed by atoms with Crippen molar-refractivity contribution in [1.82, 2.24) is 0 Å². The largest absolute Gasteiger partial charge is 1.00 e. The molecule has 72 valence electrons. The van der Waals surface area contributed by atoms with Gasteiger partial charge in [-0.25, -0.2) is 0 Å². The van der Waals surface area contributed by atoms with Crippen LogP contribution in [-0.2, 0) is 0 Å². The van der Waals surface area contributed by atoms with Crippen molar-refractivity contribution in [2.45, 2.75) is 9.79 Å². The van der Waals surface area contributed by atoms with Gasteiger partial charge in [-0.05, 0) is 24.3 Å². The summed E-state index contributed by atoms with van der Waals surface area (Å²) in [6, 6.07) is 20.8. The Morgan fingerprint density at radius 2 is 0.933 bits per heavy atom. The van der Waals surface area contributed by atoms with E-state index in [-0.39, 0.29) is 31.0 Å². The van der Waals surface area contributed by atoms with Crippen molar-refractivity contribution in [3.05, 3.63) is 60.7 Å². The van der Waals surface area contributed by atoms with Crippen LogP contribution in [0.2, 0.25) is 0 Å². The van der Waals surface area contributed by atoms with Crippen molar-refractivity contribution in [2.24, 2.45) is 0 Å². The van der Waals surface area contributed by atoms with Crippen molar-refractivity contribution in [1.29, 1.82) is 0 Å². The molecule has 0 radical (unpaired) electrons. The number of hydrogen-bond donors (Lipinski definition) is 0. The average molecular weight is 242 g/mol. The second-order valence-corrected chi connectivity index (χ2v) is 5.07. The minimum Gasteiger partial charge on any atom is -1.00 e. The maximum Gasteiger partial charge on any atom is 1.00 e. The fourth-order valence-electron chi connectivity index (χ4n) is 1.05. The molecule has 0 nitrogen and oxygen atoms in total. The maximum absolute atomic E-state index is 2.13. The van der Waals surface area contributed by atoms with Crippen LogP contribution in [0.5, 0.6) is 0 Å². The van der Waals surface area contributed by atoms with E-state index in [9.17, 15) is 0 Å². The molecule has 0 heterocycles. The molecule has 0 aliphatic rings.